The third kappa shape index (κ3) is 2.69. The quantitative estimate of drug-likeness (QED) is 0.812. The van der Waals surface area contributed by atoms with Crippen LogP contribution in [0.25, 0.3) is 0 Å². The summed E-state index contributed by atoms with van der Waals surface area (Å²) >= 11 is 0. The number of hydrogen-bond donors (Lipinski definition) is 1. The first kappa shape index (κ1) is 12.6. The van der Waals surface area contributed by atoms with Crippen molar-refractivity contribution in [2.45, 2.75) is 45.8 Å². The number of aromatic nitrogens is 1. The molecule has 1 heterocycles. The number of nitrogens with one attached hydrogen (secondary N) is 1. The van der Waals surface area contributed by atoms with Crippen molar-refractivity contribution in [1.82, 2.24) is 10.5 Å². The van der Waals surface area contributed by atoms with Gasteiger partial charge in [0.05, 0.1) is 5.69 Å². The molecule has 1 N–H and O–H groups in total. The van der Waals surface area contributed by atoms with Crippen molar-refractivity contribution in [3.63, 3.8) is 0 Å². The topological polar surface area (TPSA) is 81.4 Å². The normalized spacial score (nSPS) is 16.2. The summed E-state index contributed by atoms with van der Waals surface area (Å²) in [6, 6.07) is 0.248. The average molecular weight is 252 g/mol. The van der Waals surface area contributed by atoms with E-state index in [1.807, 2.05) is 0 Å². The zero-order valence-electron chi connectivity index (χ0n) is 10.6. The maximum Gasteiger partial charge on any atom is 0.344 e. The molecule has 0 bridgehead atoms. The monoisotopic (exact) mass is 252 g/mol. The summed E-state index contributed by atoms with van der Waals surface area (Å²) in [4.78, 5) is 23.5. The Morgan fingerprint density at radius 3 is 2.61 bits per heavy atom. The average Bonchev–Trinajstić information content (AvgIpc) is 3.04. The molecule has 98 valence electrons. The van der Waals surface area contributed by atoms with Crippen LogP contribution < -0.4 is 5.32 Å². The summed E-state index contributed by atoms with van der Waals surface area (Å²) < 4.78 is 9.98. The second-order valence-corrected chi connectivity index (χ2v) is 4.53. The maximum absolute atomic E-state index is 11.9. The lowest BCUT2D eigenvalue weighted by molar-refractivity contribution is -0.129. The van der Waals surface area contributed by atoms with Gasteiger partial charge < -0.3 is 14.6 Å². The molecule has 18 heavy (non-hydrogen) atoms. The van der Waals surface area contributed by atoms with Crippen molar-refractivity contribution in [1.29, 1.82) is 0 Å². The smallest absolute Gasteiger partial charge is 0.344 e. The highest BCUT2D eigenvalue weighted by Crippen LogP contribution is 2.19. The third-order valence-electron chi connectivity index (χ3n) is 2.81. The molecule has 1 amide bonds. The fraction of sp³-hybridized carbons (Fsp3) is 0.583. The highest BCUT2D eigenvalue weighted by Gasteiger charge is 2.28. The van der Waals surface area contributed by atoms with Crippen LogP contribution in [0.15, 0.2) is 4.52 Å². The van der Waals surface area contributed by atoms with E-state index in [2.05, 4.69) is 10.5 Å². The Labute approximate surface area is 105 Å². The van der Waals surface area contributed by atoms with Crippen LogP contribution in [0.3, 0.4) is 0 Å². The number of esters is 1. The number of nitrogens with zero attached hydrogens (tertiary/aromatic N) is 1. The van der Waals surface area contributed by atoms with E-state index in [1.165, 1.54) is 0 Å². The van der Waals surface area contributed by atoms with Crippen molar-refractivity contribution in [3.05, 3.63) is 17.0 Å². The molecule has 1 fully saturated rings. The number of rotatable bonds is 4. The summed E-state index contributed by atoms with van der Waals surface area (Å²) in [5, 5.41) is 6.45. The molecule has 0 spiro atoms. The predicted molar refractivity (Wildman–Crippen MR) is 62.0 cm³/mol. The molecule has 1 atom stereocenters. The Bertz CT molecular complexity index is 457. The summed E-state index contributed by atoms with van der Waals surface area (Å²) in [5.41, 5.74) is 0.758. The second-order valence-electron chi connectivity index (χ2n) is 4.53. The summed E-state index contributed by atoms with van der Waals surface area (Å²) in [7, 11) is 0. The van der Waals surface area contributed by atoms with Gasteiger partial charge in [0.25, 0.3) is 5.91 Å². The van der Waals surface area contributed by atoms with Crippen molar-refractivity contribution < 1.29 is 18.8 Å². The van der Waals surface area contributed by atoms with Crippen molar-refractivity contribution in [2.24, 2.45) is 0 Å². The van der Waals surface area contributed by atoms with Gasteiger partial charge in [-0.3, -0.25) is 4.79 Å². The Balaban J connectivity index is 1.96. The van der Waals surface area contributed by atoms with E-state index < -0.39 is 12.1 Å². The van der Waals surface area contributed by atoms with Gasteiger partial charge in [-0.05, 0) is 33.6 Å². The van der Waals surface area contributed by atoms with E-state index in [1.54, 1.807) is 20.8 Å². The van der Waals surface area contributed by atoms with E-state index in [-0.39, 0.29) is 11.9 Å². The number of ether oxygens (including phenoxy) is 1. The molecule has 6 heteroatoms. The molecule has 1 aliphatic rings. The predicted octanol–water partition coefficient (Wildman–Crippen LogP) is 1.12. The highest BCUT2D eigenvalue weighted by molar-refractivity contribution is 5.93. The summed E-state index contributed by atoms with van der Waals surface area (Å²) in [5.74, 6) is -0.449. The van der Waals surface area contributed by atoms with Gasteiger partial charge in [-0.15, -0.1) is 0 Å². The highest BCUT2D eigenvalue weighted by atomic mass is 16.5. The van der Waals surface area contributed by atoms with E-state index in [9.17, 15) is 9.59 Å². The maximum atomic E-state index is 11.9. The van der Waals surface area contributed by atoms with Crippen LogP contribution in [0.4, 0.5) is 0 Å². The van der Waals surface area contributed by atoms with Gasteiger partial charge in [0.15, 0.2) is 6.10 Å². The molecule has 1 aliphatic carbocycles. The van der Waals surface area contributed by atoms with Crippen LogP contribution in [0, 0.1) is 13.8 Å². The van der Waals surface area contributed by atoms with Crippen molar-refractivity contribution in [3.8, 4) is 0 Å². The molecule has 2 rings (SSSR count). The number of carbonyl (C=O) groups excluding carboxylic acids is 2. The molecule has 0 radical (unpaired) electrons. The number of hydrogen-bond acceptors (Lipinski definition) is 5. The van der Waals surface area contributed by atoms with Crippen LogP contribution in [-0.4, -0.2) is 29.2 Å². The Kier molecular flexibility index (Phi) is 3.36. The molecule has 1 aromatic rings. The zero-order valence-corrected chi connectivity index (χ0v) is 10.6. The molecular weight excluding hydrogens is 236 g/mol. The minimum atomic E-state index is -0.813. The minimum Gasteiger partial charge on any atom is -0.449 e. The van der Waals surface area contributed by atoms with E-state index in [0.29, 0.717) is 17.0 Å². The lowest BCUT2D eigenvalue weighted by Gasteiger charge is -2.12. The van der Waals surface area contributed by atoms with Gasteiger partial charge in [0, 0.05) is 6.04 Å². The largest absolute Gasteiger partial charge is 0.449 e. The van der Waals surface area contributed by atoms with Crippen LogP contribution in [0.5, 0.6) is 0 Å². The zero-order chi connectivity index (χ0) is 13.3. The fourth-order valence-electron chi connectivity index (χ4n) is 1.59. The first-order chi connectivity index (χ1) is 8.49. The molecule has 0 aliphatic heterocycles. The van der Waals surface area contributed by atoms with Gasteiger partial charge in [-0.1, -0.05) is 5.16 Å². The molecule has 1 unspecified atom stereocenters. The molecule has 0 saturated heterocycles. The molecule has 0 aromatic carbocycles. The van der Waals surface area contributed by atoms with Crippen LogP contribution >= 0.6 is 0 Å². The first-order valence-corrected chi connectivity index (χ1v) is 5.93. The van der Waals surface area contributed by atoms with Crippen molar-refractivity contribution >= 4 is 11.9 Å². The summed E-state index contributed by atoms with van der Waals surface area (Å²) in [6.45, 7) is 4.83. The second kappa shape index (κ2) is 4.80. The molecule has 6 nitrogen and oxygen atoms in total. The van der Waals surface area contributed by atoms with Crippen molar-refractivity contribution in [2.75, 3.05) is 0 Å². The Morgan fingerprint density at radius 1 is 1.44 bits per heavy atom. The van der Waals surface area contributed by atoms with Gasteiger partial charge in [0.2, 0.25) is 0 Å². The number of carbonyl (C=O) groups is 2. The molecular formula is C12H16N2O4. The minimum absolute atomic E-state index is 0.248. The Morgan fingerprint density at radius 2 is 2.11 bits per heavy atom. The lowest BCUT2D eigenvalue weighted by atomic mass is 10.2. The van der Waals surface area contributed by atoms with E-state index >= 15 is 0 Å². The molecule has 1 aromatic heterocycles. The van der Waals surface area contributed by atoms with Crippen LogP contribution in [0.1, 0.15) is 41.6 Å². The van der Waals surface area contributed by atoms with Gasteiger partial charge >= 0.3 is 5.97 Å². The summed E-state index contributed by atoms with van der Waals surface area (Å²) in [6.07, 6.45) is 1.18. The first-order valence-electron chi connectivity index (χ1n) is 5.93. The third-order valence-corrected chi connectivity index (χ3v) is 2.81. The van der Waals surface area contributed by atoms with Gasteiger partial charge in [0.1, 0.15) is 11.3 Å². The molecule has 1 saturated carbocycles. The van der Waals surface area contributed by atoms with Gasteiger partial charge in [-0.2, -0.15) is 0 Å². The van der Waals surface area contributed by atoms with Crippen LogP contribution in [-0.2, 0) is 9.53 Å². The lowest BCUT2D eigenvalue weighted by Crippen LogP contribution is -2.37. The number of amides is 1. The Hall–Kier alpha value is -1.85. The van der Waals surface area contributed by atoms with E-state index in [4.69, 9.17) is 9.26 Å². The van der Waals surface area contributed by atoms with Crippen LogP contribution in [0.2, 0.25) is 0 Å². The SMILES string of the molecule is Cc1noc(C)c1C(=O)OC(C)C(=O)NC1CC1. The standard InChI is InChI=1S/C12H16N2O4/c1-6-10(7(2)18-14-6)12(16)17-8(3)11(15)13-9-4-5-9/h8-9H,4-5H2,1-3H3,(H,13,15). The van der Waals surface area contributed by atoms with Gasteiger partial charge in [-0.25, -0.2) is 4.79 Å². The fourth-order valence-corrected chi connectivity index (χ4v) is 1.59. The number of aryl methyl sites for hydroxylation is 2. The van der Waals surface area contributed by atoms with E-state index in [0.717, 1.165) is 12.8 Å².